The molecule has 12 atom stereocenters. The average Bonchev–Trinajstić information content (AvgIpc) is 3.04. The molecule has 4 N–H and O–H groups in total. The molecule has 6 aliphatic rings. The van der Waals surface area contributed by atoms with Crippen LogP contribution in [0.1, 0.15) is 32.1 Å². The quantitative estimate of drug-likeness (QED) is 0.558. The van der Waals surface area contributed by atoms with Crippen LogP contribution in [-0.4, -0.2) is 72.6 Å². The molecule has 152 valence electrons. The fourth-order valence-corrected chi connectivity index (χ4v) is 9.69. The van der Waals surface area contributed by atoms with E-state index in [1.165, 1.54) is 0 Å². The van der Waals surface area contributed by atoms with Gasteiger partial charge in [-0.3, -0.25) is 0 Å². The van der Waals surface area contributed by atoms with Crippen molar-refractivity contribution in [2.75, 3.05) is 27.4 Å². The molecule has 0 aromatic carbocycles. The molecular formula is C21H33NO5. The molecule has 0 aromatic heterocycles. The van der Waals surface area contributed by atoms with Crippen LogP contribution >= 0.6 is 0 Å². The van der Waals surface area contributed by atoms with Gasteiger partial charge in [-0.05, 0) is 37.5 Å². The maximum absolute atomic E-state index is 12.0. The molecule has 1 aliphatic heterocycles. The number of piperidine rings is 1. The average molecular weight is 379 g/mol. The summed E-state index contributed by atoms with van der Waals surface area (Å²) >= 11 is 0. The highest BCUT2D eigenvalue weighted by Gasteiger charge is 2.82. The third-order valence-electron chi connectivity index (χ3n) is 10.3. The van der Waals surface area contributed by atoms with Crippen molar-refractivity contribution in [3.8, 4) is 0 Å². The van der Waals surface area contributed by atoms with Crippen molar-refractivity contribution < 1.29 is 24.8 Å². The molecule has 1 saturated heterocycles. The van der Waals surface area contributed by atoms with Crippen LogP contribution in [0, 0.1) is 40.4 Å². The van der Waals surface area contributed by atoms with Crippen molar-refractivity contribution in [2.24, 2.45) is 40.4 Å². The van der Waals surface area contributed by atoms with Gasteiger partial charge in [0.2, 0.25) is 0 Å². The number of aliphatic hydroxyl groups excluding tert-OH is 2. The third kappa shape index (κ3) is 1.69. The highest BCUT2D eigenvalue weighted by Crippen LogP contribution is 2.77. The Morgan fingerprint density at radius 2 is 1.96 bits per heavy atom. The summed E-state index contributed by atoms with van der Waals surface area (Å²) in [5.41, 5.74) is -1.10. The Labute approximate surface area is 160 Å². The summed E-state index contributed by atoms with van der Waals surface area (Å²) in [7, 11) is 3.48. The summed E-state index contributed by atoms with van der Waals surface area (Å²) in [6.45, 7) is 1.62. The van der Waals surface area contributed by atoms with Crippen molar-refractivity contribution >= 4 is 0 Å². The van der Waals surface area contributed by atoms with E-state index in [4.69, 9.17) is 9.47 Å². The smallest absolute Gasteiger partial charge is 0.0771 e. The van der Waals surface area contributed by atoms with Gasteiger partial charge in [0.15, 0.2) is 0 Å². The van der Waals surface area contributed by atoms with Gasteiger partial charge in [0, 0.05) is 61.8 Å². The molecule has 27 heavy (non-hydrogen) atoms. The van der Waals surface area contributed by atoms with E-state index < -0.39 is 11.7 Å². The molecular weight excluding hydrogens is 346 g/mol. The van der Waals surface area contributed by atoms with Crippen LogP contribution in [-0.2, 0) is 9.47 Å². The first-order chi connectivity index (χ1) is 12.9. The standard InChI is InChI=1S/C21H33NO5/c1-26-9-19-4-3-15(23)21-11-5-10-13(27-2)7-20(25,16(11)17(10)24)12(6-14(19)21)18(21)22-8-19/h10-18,22-25H,3-9H2,1-2H3/t10-,11-,12+,13+,14-,15+,16-,17+,18-,19+,20+,21-/m1/s1. The lowest BCUT2D eigenvalue weighted by atomic mass is 9.44. The summed E-state index contributed by atoms with van der Waals surface area (Å²) in [6.07, 6.45) is 3.20. The van der Waals surface area contributed by atoms with E-state index in [-0.39, 0.29) is 52.8 Å². The predicted molar refractivity (Wildman–Crippen MR) is 96.8 cm³/mol. The maximum atomic E-state index is 12.0. The Morgan fingerprint density at radius 3 is 2.70 bits per heavy atom. The van der Waals surface area contributed by atoms with Gasteiger partial charge in [-0.1, -0.05) is 0 Å². The molecule has 0 amide bonds. The lowest BCUT2D eigenvalue weighted by Gasteiger charge is -2.66. The number of hydrogen-bond donors (Lipinski definition) is 4. The van der Waals surface area contributed by atoms with Gasteiger partial charge in [-0.2, -0.15) is 0 Å². The van der Waals surface area contributed by atoms with Crippen molar-refractivity contribution in [3.05, 3.63) is 0 Å². The fraction of sp³-hybridized carbons (Fsp3) is 1.00. The Balaban J connectivity index is 1.54. The fourth-order valence-electron chi connectivity index (χ4n) is 9.69. The van der Waals surface area contributed by atoms with Gasteiger partial charge in [0.1, 0.15) is 0 Å². The number of rotatable bonds is 3. The summed E-state index contributed by atoms with van der Waals surface area (Å²) in [5, 5.41) is 38.5. The Kier molecular flexibility index (Phi) is 3.43. The summed E-state index contributed by atoms with van der Waals surface area (Å²) in [4.78, 5) is 0. The number of aliphatic hydroxyl groups is 3. The minimum absolute atomic E-state index is 0.0396. The zero-order valence-electron chi connectivity index (χ0n) is 16.3. The number of methoxy groups -OCH3 is 2. The van der Waals surface area contributed by atoms with Crippen LogP contribution in [0.25, 0.3) is 0 Å². The van der Waals surface area contributed by atoms with Crippen LogP contribution in [0.2, 0.25) is 0 Å². The SMILES string of the molecule is COC[C@@]12CC[C@H](O)[C@@]34[C@@H]5C[C@H]6[C@H](O)[C@@H]5[C@](O)(C[C@@H]6OC)[C@@H](C[C@H]13)[C@H]4NC2. The van der Waals surface area contributed by atoms with E-state index in [0.717, 1.165) is 32.2 Å². The van der Waals surface area contributed by atoms with E-state index in [1.807, 2.05) is 0 Å². The lowest BCUT2D eigenvalue weighted by Crippen LogP contribution is -2.75. The number of nitrogens with one attached hydrogen (secondary N) is 1. The van der Waals surface area contributed by atoms with Crippen LogP contribution in [0.4, 0.5) is 0 Å². The van der Waals surface area contributed by atoms with Gasteiger partial charge in [0.25, 0.3) is 0 Å². The minimum atomic E-state index is -0.902. The topological polar surface area (TPSA) is 91.2 Å². The molecule has 6 rings (SSSR count). The predicted octanol–water partition coefficient (Wildman–Crippen LogP) is 0.145. The lowest BCUT2D eigenvalue weighted by molar-refractivity contribution is -0.246. The minimum Gasteiger partial charge on any atom is -0.392 e. The second-order valence-electron chi connectivity index (χ2n) is 10.6. The molecule has 5 saturated carbocycles. The van der Waals surface area contributed by atoms with Crippen LogP contribution in [0.5, 0.6) is 0 Å². The molecule has 6 nitrogen and oxygen atoms in total. The molecule has 6 heteroatoms. The number of hydrogen-bond acceptors (Lipinski definition) is 6. The normalized spacial score (nSPS) is 65.4. The zero-order chi connectivity index (χ0) is 18.8. The van der Waals surface area contributed by atoms with Gasteiger partial charge in [0.05, 0.1) is 30.5 Å². The van der Waals surface area contributed by atoms with Crippen molar-refractivity contribution in [3.63, 3.8) is 0 Å². The number of ether oxygens (including phenoxy) is 2. The first-order valence-electron chi connectivity index (χ1n) is 10.8. The molecule has 0 radical (unpaired) electrons. The molecule has 1 heterocycles. The monoisotopic (exact) mass is 379 g/mol. The van der Waals surface area contributed by atoms with E-state index in [0.29, 0.717) is 18.9 Å². The molecule has 0 unspecified atom stereocenters. The zero-order valence-corrected chi connectivity index (χ0v) is 16.3. The third-order valence-corrected chi connectivity index (χ3v) is 10.3. The highest BCUT2D eigenvalue weighted by atomic mass is 16.5. The van der Waals surface area contributed by atoms with E-state index in [2.05, 4.69) is 5.32 Å². The van der Waals surface area contributed by atoms with Crippen LogP contribution < -0.4 is 5.32 Å². The highest BCUT2D eigenvalue weighted by molar-refractivity contribution is 5.32. The molecule has 7 bridgehead atoms. The molecule has 1 spiro atoms. The Hall–Kier alpha value is -0.240. The van der Waals surface area contributed by atoms with Crippen LogP contribution in [0.15, 0.2) is 0 Å². The van der Waals surface area contributed by atoms with Crippen LogP contribution in [0.3, 0.4) is 0 Å². The summed E-state index contributed by atoms with van der Waals surface area (Å²) < 4.78 is 11.4. The van der Waals surface area contributed by atoms with Gasteiger partial charge >= 0.3 is 0 Å². The molecule has 5 aliphatic carbocycles. The van der Waals surface area contributed by atoms with Gasteiger partial charge in [-0.15, -0.1) is 0 Å². The van der Waals surface area contributed by atoms with Gasteiger partial charge in [-0.25, -0.2) is 0 Å². The second kappa shape index (κ2) is 5.27. The van der Waals surface area contributed by atoms with E-state index in [1.54, 1.807) is 14.2 Å². The van der Waals surface area contributed by atoms with Crippen molar-refractivity contribution in [1.29, 1.82) is 0 Å². The van der Waals surface area contributed by atoms with Crippen molar-refractivity contribution in [2.45, 2.75) is 62.1 Å². The van der Waals surface area contributed by atoms with Gasteiger partial charge < -0.3 is 30.1 Å². The maximum Gasteiger partial charge on any atom is 0.0771 e. The Morgan fingerprint density at radius 1 is 1.15 bits per heavy atom. The van der Waals surface area contributed by atoms with E-state index in [9.17, 15) is 15.3 Å². The first-order valence-corrected chi connectivity index (χ1v) is 10.8. The van der Waals surface area contributed by atoms with Crippen molar-refractivity contribution in [1.82, 2.24) is 5.32 Å². The first kappa shape index (κ1) is 17.6. The largest absolute Gasteiger partial charge is 0.392 e. The summed E-state index contributed by atoms with van der Waals surface area (Å²) in [6, 6.07) is 0.135. The second-order valence-corrected chi connectivity index (χ2v) is 10.6. The van der Waals surface area contributed by atoms with E-state index >= 15 is 0 Å². The Bertz CT molecular complexity index is 660. The molecule has 6 fully saturated rings. The molecule has 0 aromatic rings. The number of fused-ring (bicyclic) bond motifs is 2. The summed E-state index contributed by atoms with van der Waals surface area (Å²) in [5.74, 6) is 0.521.